The van der Waals surface area contributed by atoms with E-state index >= 15 is 0 Å². The highest BCUT2D eigenvalue weighted by Crippen LogP contribution is 2.47. The molecule has 1 aliphatic rings. The number of hydrogen-bond acceptors (Lipinski definition) is 2. The van der Waals surface area contributed by atoms with E-state index in [1.807, 2.05) is 0 Å². The highest BCUT2D eigenvalue weighted by Gasteiger charge is 2.24. The Bertz CT molecular complexity index is 2380. The minimum Gasteiger partial charge on any atom is -0.453 e. The first-order valence-corrected chi connectivity index (χ1v) is 16.7. The third-order valence-corrected chi connectivity index (χ3v) is 9.56. The SMILES string of the molecule is C1=CCCC(c2ccc(N(c3ccc(-c4ccccc4)cc3)c3ccc(-c4ccccc4)cc3)c3oc4c5ccccc5ccc4c23)=C1. The van der Waals surface area contributed by atoms with Crippen molar-refractivity contribution >= 4 is 55.3 Å². The summed E-state index contributed by atoms with van der Waals surface area (Å²) in [5, 5.41) is 4.62. The van der Waals surface area contributed by atoms with Gasteiger partial charge in [-0.15, -0.1) is 0 Å². The molecule has 0 fully saturated rings. The van der Waals surface area contributed by atoms with Crippen LogP contribution in [0.3, 0.4) is 0 Å². The molecule has 0 amide bonds. The van der Waals surface area contributed by atoms with E-state index < -0.39 is 0 Å². The fraction of sp³-hybridized carbons (Fsp3) is 0.0435. The minimum absolute atomic E-state index is 0.897. The van der Waals surface area contributed by atoms with Gasteiger partial charge in [0.2, 0.25) is 0 Å². The summed E-state index contributed by atoms with van der Waals surface area (Å²) in [7, 11) is 0. The van der Waals surface area contributed by atoms with E-state index in [2.05, 4.69) is 181 Å². The summed E-state index contributed by atoms with van der Waals surface area (Å²) in [5.41, 5.74) is 12.3. The maximum atomic E-state index is 7.05. The molecule has 2 nitrogen and oxygen atoms in total. The molecule has 7 aromatic carbocycles. The van der Waals surface area contributed by atoms with E-state index in [4.69, 9.17) is 4.42 Å². The van der Waals surface area contributed by atoms with Crippen molar-refractivity contribution in [2.45, 2.75) is 12.8 Å². The van der Waals surface area contributed by atoms with Crippen molar-refractivity contribution in [3.8, 4) is 22.3 Å². The number of nitrogens with zero attached hydrogens (tertiary/aromatic N) is 1. The Balaban J connectivity index is 1.28. The Morgan fingerprint density at radius 3 is 1.71 bits per heavy atom. The van der Waals surface area contributed by atoms with Crippen LogP contribution in [0.15, 0.2) is 180 Å². The van der Waals surface area contributed by atoms with Crippen molar-refractivity contribution in [3.05, 3.63) is 182 Å². The summed E-state index contributed by atoms with van der Waals surface area (Å²) in [6.45, 7) is 0. The van der Waals surface area contributed by atoms with Gasteiger partial charge in [0, 0.05) is 27.5 Å². The number of fused-ring (bicyclic) bond motifs is 5. The lowest BCUT2D eigenvalue weighted by Crippen LogP contribution is -2.10. The second kappa shape index (κ2) is 11.9. The van der Waals surface area contributed by atoms with Crippen LogP contribution in [0, 0.1) is 0 Å². The van der Waals surface area contributed by atoms with E-state index in [1.165, 1.54) is 44.2 Å². The van der Waals surface area contributed by atoms with Crippen LogP contribution in [0.1, 0.15) is 18.4 Å². The summed E-state index contributed by atoms with van der Waals surface area (Å²) < 4.78 is 7.05. The lowest BCUT2D eigenvalue weighted by Gasteiger charge is -2.26. The molecule has 0 saturated heterocycles. The van der Waals surface area contributed by atoms with Gasteiger partial charge >= 0.3 is 0 Å². The van der Waals surface area contributed by atoms with Crippen LogP contribution >= 0.6 is 0 Å². The molecule has 0 N–H and O–H groups in total. The summed E-state index contributed by atoms with van der Waals surface area (Å²) in [4.78, 5) is 2.34. The van der Waals surface area contributed by atoms with Gasteiger partial charge in [0.15, 0.2) is 5.58 Å². The van der Waals surface area contributed by atoms with Gasteiger partial charge in [-0.05, 0) is 88.0 Å². The third kappa shape index (κ3) is 4.90. The van der Waals surface area contributed by atoms with Gasteiger partial charge in [-0.25, -0.2) is 0 Å². The van der Waals surface area contributed by atoms with Gasteiger partial charge in [0.25, 0.3) is 0 Å². The Hall–Kier alpha value is -6.12. The molecule has 8 aromatic rings. The summed E-state index contributed by atoms with van der Waals surface area (Å²) in [6, 6.07) is 56.4. The zero-order valence-electron chi connectivity index (χ0n) is 26.5. The molecule has 1 aromatic heterocycles. The molecule has 2 heteroatoms. The number of furan rings is 1. The second-order valence-electron chi connectivity index (χ2n) is 12.4. The Morgan fingerprint density at radius 1 is 0.479 bits per heavy atom. The smallest absolute Gasteiger partial charge is 0.160 e. The van der Waals surface area contributed by atoms with E-state index in [-0.39, 0.29) is 0 Å². The van der Waals surface area contributed by atoms with Gasteiger partial charge in [0.1, 0.15) is 5.58 Å². The standard InChI is InChI=1S/C46H33NO/c1-4-12-32(13-5-1)34-20-25-38(26-21-34)47(39-27-22-35(23-28-39)33-14-6-2-7-15-33)43-31-30-40(36-16-8-3-9-17-36)44-42-29-24-37-18-10-11-19-41(37)45(42)48-46(43)44/h1-8,10-16,18-31H,9,17H2. The zero-order chi connectivity index (χ0) is 31.9. The van der Waals surface area contributed by atoms with Crippen LogP contribution < -0.4 is 4.90 Å². The normalized spacial score (nSPS) is 12.9. The van der Waals surface area contributed by atoms with Gasteiger partial charge < -0.3 is 9.32 Å². The van der Waals surface area contributed by atoms with Crippen LogP contribution in [0.5, 0.6) is 0 Å². The van der Waals surface area contributed by atoms with Gasteiger partial charge in [-0.2, -0.15) is 0 Å². The zero-order valence-corrected chi connectivity index (χ0v) is 26.5. The van der Waals surface area contributed by atoms with Gasteiger partial charge in [-0.3, -0.25) is 0 Å². The van der Waals surface area contributed by atoms with Crippen LogP contribution in [-0.4, -0.2) is 0 Å². The van der Waals surface area contributed by atoms with E-state index in [0.29, 0.717) is 0 Å². The molecule has 1 heterocycles. The first kappa shape index (κ1) is 28.1. The van der Waals surface area contributed by atoms with Crippen LogP contribution in [0.25, 0.3) is 60.5 Å². The molecule has 1 aliphatic carbocycles. The van der Waals surface area contributed by atoms with Crippen molar-refractivity contribution in [3.63, 3.8) is 0 Å². The first-order valence-electron chi connectivity index (χ1n) is 16.7. The highest BCUT2D eigenvalue weighted by atomic mass is 16.3. The topological polar surface area (TPSA) is 16.4 Å². The average molecular weight is 616 g/mol. The monoisotopic (exact) mass is 615 g/mol. The fourth-order valence-corrected chi connectivity index (χ4v) is 7.16. The molecule has 0 unspecified atom stereocenters. The molecule has 0 saturated carbocycles. The second-order valence-corrected chi connectivity index (χ2v) is 12.4. The van der Waals surface area contributed by atoms with E-state index in [9.17, 15) is 0 Å². The van der Waals surface area contributed by atoms with Crippen molar-refractivity contribution in [1.29, 1.82) is 0 Å². The molecular formula is C46H33NO. The Kier molecular flexibility index (Phi) is 6.98. The lowest BCUT2D eigenvalue weighted by molar-refractivity contribution is 0.672. The molecule has 48 heavy (non-hydrogen) atoms. The maximum Gasteiger partial charge on any atom is 0.160 e. The predicted octanol–water partition coefficient (Wildman–Crippen LogP) is 13.3. The van der Waals surface area contributed by atoms with Crippen LogP contribution in [0.2, 0.25) is 0 Å². The maximum absolute atomic E-state index is 7.05. The minimum atomic E-state index is 0.897. The quantitative estimate of drug-likeness (QED) is 0.185. The lowest BCUT2D eigenvalue weighted by atomic mass is 9.92. The molecule has 228 valence electrons. The van der Waals surface area contributed by atoms with Crippen molar-refractivity contribution < 1.29 is 4.42 Å². The fourth-order valence-electron chi connectivity index (χ4n) is 7.16. The first-order chi connectivity index (χ1) is 23.8. The van der Waals surface area contributed by atoms with Gasteiger partial charge in [-0.1, -0.05) is 140 Å². The number of rotatable bonds is 6. The van der Waals surface area contributed by atoms with Crippen molar-refractivity contribution in [2.75, 3.05) is 4.90 Å². The Labute approximate surface area is 280 Å². The molecule has 0 bridgehead atoms. The number of hydrogen-bond donors (Lipinski definition) is 0. The molecular weight excluding hydrogens is 583 g/mol. The van der Waals surface area contributed by atoms with Crippen LogP contribution in [0.4, 0.5) is 17.1 Å². The molecule has 0 aliphatic heterocycles. The van der Waals surface area contributed by atoms with E-state index in [1.54, 1.807) is 0 Å². The van der Waals surface area contributed by atoms with E-state index in [0.717, 1.165) is 51.8 Å². The highest BCUT2D eigenvalue weighted by molar-refractivity contribution is 6.20. The average Bonchev–Trinajstić information content (AvgIpc) is 3.57. The summed E-state index contributed by atoms with van der Waals surface area (Å²) in [6.07, 6.45) is 8.75. The largest absolute Gasteiger partial charge is 0.453 e. The molecule has 0 radical (unpaired) electrons. The van der Waals surface area contributed by atoms with Crippen LogP contribution in [-0.2, 0) is 0 Å². The molecule has 0 spiro atoms. The summed E-state index contributed by atoms with van der Waals surface area (Å²) >= 11 is 0. The summed E-state index contributed by atoms with van der Waals surface area (Å²) in [5.74, 6) is 0. The Morgan fingerprint density at radius 2 is 1.08 bits per heavy atom. The molecule has 0 atom stereocenters. The molecule has 9 rings (SSSR count). The number of allylic oxidation sites excluding steroid dienone is 4. The number of benzene rings is 7. The van der Waals surface area contributed by atoms with Gasteiger partial charge in [0.05, 0.1) is 5.69 Å². The third-order valence-electron chi connectivity index (χ3n) is 9.56. The van der Waals surface area contributed by atoms with Crippen molar-refractivity contribution in [2.24, 2.45) is 0 Å². The predicted molar refractivity (Wildman–Crippen MR) is 203 cm³/mol. The van der Waals surface area contributed by atoms with Crippen molar-refractivity contribution in [1.82, 2.24) is 0 Å². The number of anilines is 3.